The van der Waals surface area contributed by atoms with E-state index < -0.39 is 0 Å². The Balaban J connectivity index is 1.54. The van der Waals surface area contributed by atoms with Crippen molar-refractivity contribution in [2.24, 2.45) is 0 Å². The standard InChI is InChI=1S/C21H22ClN7O/c1-13(16-5-4-6-17(22)11-16)23-14(2)19-12-20(30-3)29(26-19)18-9-7-15(8-10-18)21-24-27-28-25-21/h4-14,23H,1-3H3,(H,24,25,27,28)/t13-,14-/m1/s1. The van der Waals surface area contributed by atoms with Gasteiger partial charge in [-0.1, -0.05) is 23.7 Å². The number of hydrogen-bond acceptors (Lipinski definition) is 6. The number of halogens is 1. The molecule has 2 heterocycles. The van der Waals surface area contributed by atoms with Crippen molar-refractivity contribution < 1.29 is 4.74 Å². The number of aromatic amines is 1. The highest BCUT2D eigenvalue weighted by Gasteiger charge is 2.18. The summed E-state index contributed by atoms with van der Waals surface area (Å²) in [4.78, 5) is 0. The van der Waals surface area contributed by atoms with Crippen molar-refractivity contribution in [2.75, 3.05) is 7.11 Å². The van der Waals surface area contributed by atoms with Gasteiger partial charge in [0.25, 0.3) is 0 Å². The lowest BCUT2D eigenvalue weighted by molar-refractivity contribution is 0.383. The molecule has 0 radical (unpaired) electrons. The Labute approximate surface area is 179 Å². The van der Waals surface area contributed by atoms with E-state index in [0.29, 0.717) is 11.7 Å². The molecule has 0 aliphatic rings. The van der Waals surface area contributed by atoms with Gasteiger partial charge in [0.2, 0.25) is 11.7 Å². The fraction of sp³-hybridized carbons (Fsp3) is 0.238. The zero-order valence-electron chi connectivity index (χ0n) is 16.9. The summed E-state index contributed by atoms with van der Waals surface area (Å²) in [7, 11) is 1.64. The van der Waals surface area contributed by atoms with Crippen LogP contribution < -0.4 is 10.1 Å². The zero-order valence-corrected chi connectivity index (χ0v) is 17.6. The van der Waals surface area contributed by atoms with Gasteiger partial charge in [-0.05, 0) is 61.0 Å². The summed E-state index contributed by atoms with van der Waals surface area (Å²) in [6, 6.07) is 17.6. The van der Waals surface area contributed by atoms with Gasteiger partial charge in [-0.3, -0.25) is 0 Å². The van der Waals surface area contributed by atoms with Crippen molar-refractivity contribution in [1.82, 2.24) is 35.7 Å². The molecule has 0 fully saturated rings. The summed E-state index contributed by atoms with van der Waals surface area (Å²) >= 11 is 6.12. The minimum atomic E-state index is 0.00716. The molecule has 0 saturated carbocycles. The Hall–Kier alpha value is -3.23. The summed E-state index contributed by atoms with van der Waals surface area (Å²) in [5.41, 5.74) is 3.74. The van der Waals surface area contributed by atoms with Crippen LogP contribution in [0.1, 0.15) is 37.2 Å². The average molecular weight is 424 g/mol. The number of hydrogen-bond donors (Lipinski definition) is 2. The van der Waals surface area contributed by atoms with Crippen molar-refractivity contribution in [3.05, 3.63) is 70.9 Å². The van der Waals surface area contributed by atoms with Crippen molar-refractivity contribution in [2.45, 2.75) is 25.9 Å². The summed E-state index contributed by atoms with van der Waals surface area (Å²) in [5.74, 6) is 1.20. The Morgan fingerprint density at radius 2 is 1.87 bits per heavy atom. The Morgan fingerprint density at radius 3 is 2.53 bits per heavy atom. The van der Waals surface area contributed by atoms with E-state index in [2.05, 4.69) is 45.9 Å². The largest absolute Gasteiger partial charge is 0.481 e. The Kier molecular flexibility index (Phi) is 5.78. The second-order valence-electron chi connectivity index (χ2n) is 6.97. The minimum Gasteiger partial charge on any atom is -0.481 e. The summed E-state index contributed by atoms with van der Waals surface area (Å²) in [6.07, 6.45) is 0. The number of tetrazole rings is 1. The minimum absolute atomic E-state index is 0.00716. The van der Waals surface area contributed by atoms with E-state index in [0.717, 1.165) is 27.5 Å². The van der Waals surface area contributed by atoms with Gasteiger partial charge in [0.15, 0.2) is 0 Å². The van der Waals surface area contributed by atoms with Crippen LogP contribution in [0.4, 0.5) is 0 Å². The molecule has 0 unspecified atom stereocenters. The first-order chi connectivity index (χ1) is 14.5. The molecule has 8 nitrogen and oxygen atoms in total. The van der Waals surface area contributed by atoms with Gasteiger partial charge in [-0.25, -0.2) is 4.68 Å². The summed E-state index contributed by atoms with van der Waals surface area (Å²) < 4.78 is 7.33. The monoisotopic (exact) mass is 423 g/mol. The van der Waals surface area contributed by atoms with Crippen LogP contribution in [0.25, 0.3) is 17.1 Å². The lowest BCUT2D eigenvalue weighted by atomic mass is 10.1. The van der Waals surface area contributed by atoms with Crippen LogP contribution in [0.15, 0.2) is 54.6 Å². The van der Waals surface area contributed by atoms with Crippen molar-refractivity contribution in [3.8, 4) is 23.0 Å². The molecule has 0 amide bonds. The van der Waals surface area contributed by atoms with E-state index in [1.807, 2.05) is 48.5 Å². The van der Waals surface area contributed by atoms with E-state index in [-0.39, 0.29) is 12.1 Å². The van der Waals surface area contributed by atoms with E-state index >= 15 is 0 Å². The number of benzene rings is 2. The third-order valence-corrected chi connectivity index (χ3v) is 5.15. The highest BCUT2D eigenvalue weighted by Crippen LogP contribution is 2.26. The normalized spacial score (nSPS) is 13.2. The summed E-state index contributed by atoms with van der Waals surface area (Å²) in [6.45, 7) is 4.18. The van der Waals surface area contributed by atoms with E-state index in [1.54, 1.807) is 11.8 Å². The maximum Gasteiger partial charge on any atom is 0.216 e. The molecule has 2 aromatic heterocycles. The molecule has 30 heavy (non-hydrogen) atoms. The smallest absolute Gasteiger partial charge is 0.216 e. The maximum absolute atomic E-state index is 6.12. The third-order valence-electron chi connectivity index (χ3n) is 4.91. The maximum atomic E-state index is 6.12. The van der Waals surface area contributed by atoms with Gasteiger partial charge in [-0.15, -0.1) is 10.2 Å². The Morgan fingerprint density at radius 1 is 1.07 bits per heavy atom. The first-order valence-corrected chi connectivity index (χ1v) is 9.92. The van der Waals surface area contributed by atoms with Crippen molar-refractivity contribution in [1.29, 1.82) is 0 Å². The number of nitrogens with one attached hydrogen (secondary N) is 2. The SMILES string of the molecule is COc1cc([C@@H](C)N[C@H](C)c2cccc(Cl)c2)nn1-c1ccc(-c2nn[nH]n2)cc1. The number of nitrogens with zero attached hydrogens (tertiary/aromatic N) is 5. The number of rotatable bonds is 7. The predicted molar refractivity (Wildman–Crippen MR) is 115 cm³/mol. The third kappa shape index (κ3) is 4.19. The van der Waals surface area contributed by atoms with E-state index in [1.165, 1.54) is 0 Å². The van der Waals surface area contributed by atoms with Gasteiger partial charge in [-0.2, -0.15) is 10.3 Å². The van der Waals surface area contributed by atoms with Gasteiger partial charge < -0.3 is 10.1 Å². The number of aromatic nitrogens is 6. The first kappa shape index (κ1) is 20.1. The average Bonchev–Trinajstić information content (AvgIpc) is 3.44. The van der Waals surface area contributed by atoms with Crippen LogP contribution >= 0.6 is 11.6 Å². The molecule has 0 aliphatic heterocycles. The number of ether oxygens (including phenoxy) is 1. The Bertz CT molecular complexity index is 1110. The molecule has 4 rings (SSSR count). The molecule has 9 heteroatoms. The zero-order chi connectivity index (χ0) is 21.1. The molecule has 0 spiro atoms. The fourth-order valence-corrected chi connectivity index (χ4v) is 3.49. The molecule has 2 N–H and O–H groups in total. The molecular formula is C21H22ClN7O. The van der Waals surface area contributed by atoms with Crippen LogP contribution in [0.5, 0.6) is 5.88 Å². The van der Waals surface area contributed by atoms with Gasteiger partial charge >= 0.3 is 0 Å². The molecule has 0 aliphatic carbocycles. The van der Waals surface area contributed by atoms with Crippen LogP contribution in [-0.2, 0) is 0 Å². The van der Waals surface area contributed by atoms with Gasteiger partial charge in [0.1, 0.15) is 0 Å². The van der Waals surface area contributed by atoms with Gasteiger partial charge in [0, 0.05) is 28.7 Å². The van der Waals surface area contributed by atoms with Crippen molar-refractivity contribution in [3.63, 3.8) is 0 Å². The summed E-state index contributed by atoms with van der Waals surface area (Å²) in [5, 5.41) is 23.1. The number of methoxy groups -OCH3 is 1. The van der Waals surface area contributed by atoms with Crippen molar-refractivity contribution >= 4 is 11.6 Å². The molecular weight excluding hydrogens is 402 g/mol. The quantitative estimate of drug-likeness (QED) is 0.464. The molecule has 2 atom stereocenters. The van der Waals surface area contributed by atoms with E-state index in [9.17, 15) is 0 Å². The second-order valence-corrected chi connectivity index (χ2v) is 7.41. The molecule has 2 aromatic carbocycles. The first-order valence-electron chi connectivity index (χ1n) is 9.55. The van der Waals surface area contributed by atoms with Crippen LogP contribution in [-0.4, -0.2) is 37.5 Å². The highest BCUT2D eigenvalue weighted by molar-refractivity contribution is 6.30. The lowest BCUT2D eigenvalue weighted by Crippen LogP contribution is -2.23. The van der Waals surface area contributed by atoms with Crippen LogP contribution in [0.2, 0.25) is 5.02 Å². The fourth-order valence-electron chi connectivity index (χ4n) is 3.29. The molecule has 0 bridgehead atoms. The molecule has 154 valence electrons. The predicted octanol–water partition coefficient (Wildman–Crippen LogP) is 4.13. The topological polar surface area (TPSA) is 93.5 Å². The highest BCUT2D eigenvalue weighted by atomic mass is 35.5. The number of H-pyrrole nitrogens is 1. The second kappa shape index (κ2) is 8.64. The molecule has 0 saturated heterocycles. The lowest BCUT2D eigenvalue weighted by Gasteiger charge is -2.19. The molecule has 4 aromatic rings. The van der Waals surface area contributed by atoms with Crippen LogP contribution in [0.3, 0.4) is 0 Å². The van der Waals surface area contributed by atoms with E-state index in [4.69, 9.17) is 21.4 Å². The van der Waals surface area contributed by atoms with Gasteiger partial charge in [0.05, 0.1) is 18.5 Å². The van der Waals surface area contributed by atoms with Crippen LogP contribution in [0, 0.1) is 0 Å².